The van der Waals surface area contributed by atoms with Crippen LogP contribution in [0.3, 0.4) is 0 Å². The fraction of sp³-hybridized carbons (Fsp3) is 0.0625. The Hall–Kier alpha value is -2.27. The van der Waals surface area contributed by atoms with Gasteiger partial charge in [-0.15, -0.1) is 0 Å². The second-order valence-electron chi connectivity index (χ2n) is 4.62. The first kappa shape index (κ1) is 13.7. The van der Waals surface area contributed by atoms with Gasteiger partial charge in [0.1, 0.15) is 0 Å². The Morgan fingerprint density at radius 2 is 1.71 bits per heavy atom. The summed E-state index contributed by atoms with van der Waals surface area (Å²) in [5, 5.41) is 4.11. The van der Waals surface area contributed by atoms with Crippen LogP contribution >= 0.6 is 15.9 Å². The van der Waals surface area contributed by atoms with E-state index in [-0.39, 0.29) is 18.1 Å². The number of nitrogens with one attached hydrogen (secondary N) is 1. The first-order chi connectivity index (χ1) is 10.2. The summed E-state index contributed by atoms with van der Waals surface area (Å²) in [6.45, 7) is 0. The largest absolute Gasteiger partial charge is 0.294 e. The van der Waals surface area contributed by atoms with Gasteiger partial charge in [0.25, 0.3) is 5.91 Å². The lowest BCUT2D eigenvalue weighted by molar-refractivity contribution is 0.0951. The number of hydrazone groups is 1. The van der Waals surface area contributed by atoms with Crippen molar-refractivity contribution in [2.45, 2.75) is 6.42 Å². The summed E-state index contributed by atoms with van der Waals surface area (Å²) in [5.41, 5.74) is 5.05. The number of Topliss-reactive ketones (excluding diaryl/α,β-unsaturated/α-hetero) is 1. The van der Waals surface area contributed by atoms with Gasteiger partial charge in [-0.3, -0.25) is 9.59 Å². The third kappa shape index (κ3) is 2.64. The molecular weight excluding hydrogens is 332 g/mol. The molecule has 0 fully saturated rings. The highest BCUT2D eigenvalue weighted by Gasteiger charge is 2.25. The summed E-state index contributed by atoms with van der Waals surface area (Å²) < 4.78 is 0.700. The van der Waals surface area contributed by atoms with E-state index in [1.54, 1.807) is 24.3 Å². The van der Waals surface area contributed by atoms with Crippen LogP contribution in [0.4, 0.5) is 0 Å². The standard InChI is InChI=1S/C16H11BrN2O2/c17-13-8-4-3-7-12(13)16(21)19-18-14-9-15(20)11-6-2-1-5-10(11)14/h1-8H,9H2,(H,19,21)/b18-14-. The lowest BCUT2D eigenvalue weighted by Crippen LogP contribution is -2.20. The minimum Gasteiger partial charge on any atom is -0.294 e. The van der Waals surface area contributed by atoms with Crippen molar-refractivity contribution in [2.24, 2.45) is 5.10 Å². The molecule has 21 heavy (non-hydrogen) atoms. The van der Waals surface area contributed by atoms with E-state index in [1.165, 1.54) is 0 Å². The van der Waals surface area contributed by atoms with Crippen molar-refractivity contribution < 1.29 is 9.59 Å². The summed E-state index contributed by atoms with van der Waals surface area (Å²) in [4.78, 5) is 23.9. The molecule has 1 aliphatic carbocycles. The molecular formula is C16H11BrN2O2. The van der Waals surface area contributed by atoms with Gasteiger partial charge in [-0.1, -0.05) is 36.4 Å². The van der Waals surface area contributed by atoms with Gasteiger partial charge in [0.05, 0.1) is 17.7 Å². The van der Waals surface area contributed by atoms with Gasteiger partial charge in [-0.2, -0.15) is 5.10 Å². The lowest BCUT2D eigenvalue weighted by atomic mass is 10.1. The monoisotopic (exact) mass is 342 g/mol. The average Bonchev–Trinajstić information content (AvgIpc) is 2.82. The Morgan fingerprint density at radius 1 is 1.05 bits per heavy atom. The number of nitrogens with zero attached hydrogens (tertiary/aromatic N) is 1. The summed E-state index contributed by atoms with van der Waals surface area (Å²) in [6.07, 6.45) is 0.218. The first-order valence-electron chi connectivity index (χ1n) is 6.41. The molecule has 0 aliphatic heterocycles. The zero-order valence-corrected chi connectivity index (χ0v) is 12.6. The average molecular weight is 343 g/mol. The van der Waals surface area contributed by atoms with Crippen LogP contribution in [0.2, 0.25) is 0 Å². The Balaban J connectivity index is 1.84. The zero-order chi connectivity index (χ0) is 14.8. The maximum absolute atomic E-state index is 12.1. The number of fused-ring (bicyclic) bond motifs is 1. The lowest BCUT2D eigenvalue weighted by Gasteiger charge is -2.03. The second-order valence-corrected chi connectivity index (χ2v) is 5.48. The van der Waals surface area contributed by atoms with Crippen LogP contribution in [0.1, 0.15) is 32.7 Å². The molecule has 0 atom stereocenters. The molecule has 2 aromatic rings. The molecule has 0 spiro atoms. The molecule has 0 radical (unpaired) electrons. The normalized spacial score (nSPS) is 15.1. The van der Waals surface area contributed by atoms with E-state index in [0.29, 0.717) is 21.3 Å². The van der Waals surface area contributed by atoms with E-state index in [9.17, 15) is 9.59 Å². The molecule has 104 valence electrons. The van der Waals surface area contributed by atoms with Gasteiger partial charge in [-0.05, 0) is 28.1 Å². The summed E-state index contributed by atoms with van der Waals surface area (Å²) >= 11 is 3.32. The third-order valence-corrected chi connectivity index (χ3v) is 3.97. The van der Waals surface area contributed by atoms with Crippen molar-refractivity contribution >= 4 is 33.3 Å². The van der Waals surface area contributed by atoms with Crippen molar-refractivity contribution in [2.75, 3.05) is 0 Å². The first-order valence-corrected chi connectivity index (χ1v) is 7.20. The molecule has 0 unspecified atom stereocenters. The van der Waals surface area contributed by atoms with E-state index >= 15 is 0 Å². The maximum Gasteiger partial charge on any atom is 0.272 e. The number of rotatable bonds is 2. The van der Waals surface area contributed by atoms with Crippen molar-refractivity contribution in [1.29, 1.82) is 0 Å². The number of amides is 1. The molecule has 1 amide bonds. The van der Waals surface area contributed by atoms with Gasteiger partial charge in [0.15, 0.2) is 5.78 Å². The zero-order valence-electron chi connectivity index (χ0n) is 11.0. The number of benzene rings is 2. The van der Waals surface area contributed by atoms with Crippen molar-refractivity contribution in [3.63, 3.8) is 0 Å². The Labute approximate surface area is 130 Å². The molecule has 1 N–H and O–H groups in total. The number of hydrogen-bond donors (Lipinski definition) is 1. The van der Waals surface area contributed by atoms with Gasteiger partial charge >= 0.3 is 0 Å². The maximum atomic E-state index is 12.1. The van der Waals surface area contributed by atoms with Crippen LogP contribution in [0.5, 0.6) is 0 Å². The number of ketones is 1. The molecule has 3 rings (SSSR count). The highest BCUT2D eigenvalue weighted by atomic mass is 79.9. The van der Waals surface area contributed by atoms with Crippen LogP contribution in [-0.4, -0.2) is 17.4 Å². The highest BCUT2D eigenvalue weighted by molar-refractivity contribution is 9.10. The molecule has 1 aliphatic rings. The molecule has 0 bridgehead atoms. The third-order valence-electron chi connectivity index (χ3n) is 3.28. The predicted octanol–water partition coefficient (Wildman–Crippen LogP) is 3.17. The van der Waals surface area contributed by atoms with Crippen molar-refractivity contribution in [1.82, 2.24) is 5.43 Å². The molecule has 2 aromatic carbocycles. The van der Waals surface area contributed by atoms with Crippen LogP contribution in [0.15, 0.2) is 58.1 Å². The van der Waals surface area contributed by atoms with Crippen molar-refractivity contribution in [3.05, 3.63) is 69.7 Å². The van der Waals surface area contributed by atoms with Gasteiger partial charge in [0.2, 0.25) is 0 Å². The molecule has 0 saturated heterocycles. The van der Waals surface area contributed by atoms with Gasteiger partial charge in [-0.25, -0.2) is 5.43 Å². The number of halogens is 1. The molecule has 5 heteroatoms. The predicted molar refractivity (Wildman–Crippen MR) is 83.5 cm³/mol. The molecule has 4 nitrogen and oxygen atoms in total. The van der Waals surface area contributed by atoms with Gasteiger partial charge < -0.3 is 0 Å². The van der Waals surface area contributed by atoms with E-state index < -0.39 is 0 Å². The summed E-state index contributed by atoms with van der Waals surface area (Å²) in [5.74, 6) is -0.286. The molecule has 0 heterocycles. The Morgan fingerprint density at radius 3 is 2.48 bits per heavy atom. The minimum absolute atomic E-state index is 0.0273. The fourth-order valence-corrected chi connectivity index (χ4v) is 2.71. The number of carbonyl (C=O) groups is 2. The van der Waals surface area contributed by atoms with Crippen LogP contribution < -0.4 is 5.43 Å². The SMILES string of the molecule is O=C(N/N=C1/CC(=O)c2ccccc21)c1ccccc1Br. The highest BCUT2D eigenvalue weighted by Crippen LogP contribution is 2.22. The minimum atomic E-state index is -0.313. The Bertz CT molecular complexity index is 768. The smallest absolute Gasteiger partial charge is 0.272 e. The van der Waals surface area contributed by atoms with E-state index in [4.69, 9.17) is 0 Å². The van der Waals surface area contributed by atoms with Crippen LogP contribution in [0.25, 0.3) is 0 Å². The fourth-order valence-electron chi connectivity index (χ4n) is 2.24. The van der Waals surface area contributed by atoms with E-state index in [0.717, 1.165) is 5.56 Å². The summed E-state index contributed by atoms with van der Waals surface area (Å²) in [6, 6.07) is 14.4. The molecule has 0 saturated carbocycles. The molecule has 0 aromatic heterocycles. The second kappa shape index (κ2) is 5.61. The quantitative estimate of drug-likeness (QED) is 0.852. The Kier molecular flexibility index (Phi) is 3.66. The topological polar surface area (TPSA) is 58.5 Å². The van der Waals surface area contributed by atoms with Crippen LogP contribution in [0, 0.1) is 0 Å². The summed E-state index contributed by atoms with van der Waals surface area (Å²) in [7, 11) is 0. The van der Waals surface area contributed by atoms with Crippen molar-refractivity contribution in [3.8, 4) is 0 Å². The number of hydrogen-bond acceptors (Lipinski definition) is 3. The van der Waals surface area contributed by atoms with Crippen LogP contribution in [-0.2, 0) is 0 Å². The van der Waals surface area contributed by atoms with E-state index in [2.05, 4.69) is 26.5 Å². The number of carbonyl (C=O) groups excluding carboxylic acids is 2. The van der Waals surface area contributed by atoms with E-state index in [1.807, 2.05) is 24.3 Å². The van der Waals surface area contributed by atoms with Gasteiger partial charge in [0, 0.05) is 15.6 Å².